The van der Waals surface area contributed by atoms with Crippen molar-refractivity contribution >= 4 is 0 Å². The van der Waals surface area contributed by atoms with E-state index in [-0.39, 0.29) is 11.9 Å². The summed E-state index contributed by atoms with van der Waals surface area (Å²) in [4.78, 5) is 0. The fraction of sp³-hybridized carbons (Fsp3) is 0.333. The molecule has 1 atom stereocenters. The van der Waals surface area contributed by atoms with Crippen molar-refractivity contribution in [2.75, 3.05) is 14.2 Å². The van der Waals surface area contributed by atoms with Crippen LogP contribution in [0.1, 0.15) is 28.7 Å². The number of rotatable bonds is 4. The molecule has 102 valence electrons. The molecule has 0 bridgehead atoms. The molecule has 0 fully saturated rings. The smallest absolute Gasteiger partial charge is 0.132 e. The van der Waals surface area contributed by atoms with Crippen molar-refractivity contribution in [2.24, 2.45) is 0 Å². The van der Waals surface area contributed by atoms with Gasteiger partial charge in [0.05, 0.1) is 18.7 Å². The quantitative estimate of drug-likeness (QED) is 0.918. The molecule has 1 aromatic carbocycles. The Labute approximate surface area is 112 Å². The standard InChI is InChI=1S/C15H18FNO2/c1-9-8-11(10(2)19-9)15(17-3)14-12(16)6-5-7-13(14)18-4/h5-8,15,17H,1-4H3. The zero-order chi connectivity index (χ0) is 14.0. The maximum Gasteiger partial charge on any atom is 0.132 e. The summed E-state index contributed by atoms with van der Waals surface area (Å²) < 4.78 is 24.9. The second-order valence-corrected chi connectivity index (χ2v) is 4.45. The normalized spacial score (nSPS) is 12.5. The summed E-state index contributed by atoms with van der Waals surface area (Å²) in [7, 11) is 3.33. The average molecular weight is 263 g/mol. The Hall–Kier alpha value is -1.81. The van der Waals surface area contributed by atoms with Crippen LogP contribution >= 0.6 is 0 Å². The van der Waals surface area contributed by atoms with Gasteiger partial charge < -0.3 is 14.5 Å². The van der Waals surface area contributed by atoms with E-state index in [2.05, 4.69) is 5.32 Å². The molecule has 1 aromatic heterocycles. The largest absolute Gasteiger partial charge is 0.496 e. The summed E-state index contributed by atoms with van der Waals surface area (Å²) in [6.07, 6.45) is 0. The number of aryl methyl sites for hydroxylation is 2. The highest BCUT2D eigenvalue weighted by molar-refractivity contribution is 5.43. The molecular formula is C15H18FNO2. The number of hydrogen-bond acceptors (Lipinski definition) is 3. The van der Waals surface area contributed by atoms with Gasteiger partial charge in [0.1, 0.15) is 23.1 Å². The summed E-state index contributed by atoms with van der Waals surface area (Å²) >= 11 is 0. The first-order valence-corrected chi connectivity index (χ1v) is 6.15. The topological polar surface area (TPSA) is 34.4 Å². The first-order chi connectivity index (χ1) is 9.08. The molecule has 0 amide bonds. The predicted molar refractivity (Wildman–Crippen MR) is 72.0 cm³/mol. The number of benzene rings is 1. The van der Waals surface area contributed by atoms with Crippen molar-refractivity contribution in [3.8, 4) is 5.75 Å². The molecule has 0 saturated heterocycles. The highest BCUT2D eigenvalue weighted by atomic mass is 19.1. The average Bonchev–Trinajstić information content (AvgIpc) is 2.71. The van der Waals surface area contributed by atoms with Crippen molar-refractivity contribution in [1.29, 1.82) is 0 Å². The van der Waals surface area contributed by atoms with Crippen LogP contribution in [0.2, 0.25) is 0 Å². The van der Waals surface area contributed by atoms with Crippen molar-refractivity contribution < 1.29 is 13.5 Å². The van der Waals surface area contributed by atoms with Gasteiger partial charge in [-0.05, 0) is 39.1 Å². The number of methoxy groups -OCH3 is 1. The molecule has 2 rings (SSSR count). The van der Waals surface area contributed by atoms with E-state index in [1.54, 1.807) is 26.3 Å². The fourth-order valence-electron chi connectivity index (χ4n) is 2.37. The lowest BCUT2D eigenvalue weighted by atomic mass is 9.97. The zero-order valence-corrected chi connectivity index (χ0v) is 11.6. The molecule has 0 saturated carbocycles. The Bertz CT molecular complexity index is 578. The summed E-state index contributed by atoms with van der Waals surface area (Å²) in [5.41, 5.74) is 1.42. The lowest BCUT2D eigenvalue weighted by molar-refractivity contribution is 0.398. The van der Waals surface area contributed by atoms with Gasteiger partial charge in [-0.15, -0.1) is 0 Å². The van der Waals surface area contributed by atoms with Crippen LogP contribution in [0.3, 0.4) is 0 Å². The number of ether oxygens (including phenoxy) is 1. The van der Waals surface area contributed by atoms with Crippen LogP contribution < -0.4 is 10.1 Å². The molecule has 3 nitrogen and oxygen atoms in total. The van der Waals surface area contributed by atoms with E-state index in [1.807, 2.05) is 19.9 Å². The SMILES string of the molecule is CNC(c1cc(C)oc1C)c1c(F)cccc1OC. The van der Waals surface area contributed by atoms with Gasteiger partial charge in [-0.3, -0.25) is 0 Å². The second kappa shape index (κ2) is 5.45. The van der Waals surface area contributed by atoms with Gasteiger partial charge in [-0.1, -0.05) is 6.07 Å². The van der Waals surface area contributed by atoms with Crippen LogP contribution in [-0.4, -0.2) is 14.2 Å². The maximum atomic E-state index is 14.1. The van der Waals surface area contributed by atoms with E-state index in [4.69, 9.17) is 9.15 Å². The third-order valence-electron chi connectivity index (χ3n) is 3.20. The Morgan fingerprint density at radius 2 is 2.05 bits per heavy atom. The Morgan fingerprint density at radius 3 is 2.58 bits per heavy atom. The van der Waals surface area contributed by atoms with Gasteiger partial charge in [0, 0.05) is 5.56 Å². The molecule has 1 unspecified atom stereocenters. The van der Waals surface area contributed by atoms with Crippen LogP contribution in [0.25, 0.3) is 0 Å². The highest BCUT2D eigenvalue weighted by Crippen LogP contribution is 2.34. The van der Waals surface area contributed by atoms with E-state index in [9.17, 15) is 4.39 Å². The van der Waals surface area contributed by atoms with Gasteiger partial charge >= 0.3 is 0 Å². The summed E-state index contributed by atoms with van der Waals surface area (Å²) in [5.74, 6) is 1.82. The van der Waals surface area contributed by atoms with Crippen molar-refractivity contribution in [3.63, 3.8) is 0 Å². The molecule has 0 spiro atoms. The molecule has 0 aliphatic rings. The van der Waals surface area contributed by atoms with Gasteiger partial charge in [0.25, 0.3) is 0 Å². The minimum absolute atomic E-state index is 0.294. The second-order valence-electron chi connectivity index (χ2n) is 4.45. The maximum absolute atomic E-state index is 14.1. The van der Waals surface area contributed by atoms with Crippen molar-refractivity contribution in [1.82, 2.24) is 5.32 Å². The summed E-state index contributed by atoms with van der Waals surface area (Å²) in [6, 6.07) is 6.45. The Balaban J connectivity index is 2.57. The fourth-order valence-corrected chi connectivity index (χ4v) is 2.37. The first kappa shape index (κ1) is 13.6. The molecule has 1 N–H and O–H groups in total. The molecule has 0 aliphatic heterocycles. The third-order valence-corrected chi connectivity index (χ3v) is 3.20. The monoisotopic (exact) mass is 263 g/mol. The predicted octanol–water partition coefficient (Wildman–Crippen LogP) is 3.35. The van der Waals surface area contributed by atoms with Gasteiger partial charge in [0.2, 0.25) is 0 Å². The summed E-state index contributed by atoms with van der Waals surface area (Å²) in [6.45, 7) is 3.75. The lowest BCUT2D eigenvalue weighted by Gasteiger charge is -2.19. The van der Waals surface area contributed by atoms with Crippen LogP contribution in [0.5, 0.6) is 5.75 Å². The Morgan fingerprint density at radius 1 is 1.32 bits per heavy atom. The van der Waals surface area contributed by atoms with Crippen LogP contribution in [0.15, 0.2) is 28.7 Å². The van der Waals surface area contributed by atoms with E-state index >= 15 is 0 Å². The molecule has 4 heteroatoms. The Kier molecular flexibility index (Phi) is 3.90. The van der Waals surface area contributed by atoms with Crippen LogP contribution in [0, 0.1) is 19.7 Å². The molecule has 1 heterocycles. The van der Waals surface area contributed by atoms with E-state index in [0.717, 1.165) is 17.1 Å². The van der Waals surface area contributed by atoms with E-state index in [1.165, 1.54) is 6.07 Å². The molecule has 0 radical (unpaired) electrons. The van der Waals surface area contributed by atoms with Crippen molar-refractivity contribution in [2.45, 2.75) is 19.9 Å². The molecule has 19 heavy (non-hydrogen) atoms. The minimum Gasteiger partial charge on any atom is -0.496 e. The van der Waals surface area contributed by atoms with E-state index in [0.29, 0.717) is 11.3 Å². The minimum atomic E-state index is -0.298. The van der Waals surface area contributed by atoms with Gasteiger partial charge in [-0.2, -0.15) is 0 Å². The first-order valence-electron chi connectivity index (χ1n) is 6.15. The van der Waals surface area contributed by atoms with E-state index < -0.39 is 0 Å². The van der Waals surface area contributed by atoms with Crippen molar-refractivity contribution in [3.05, 3.63) is 52.7 Å². The van der Waals surface area contributed by atoms with Crippen LogP contribution in [0.4, 0.5) is 4.39 Å². The molecular weight excluding hydrogens is 245 g/mol. The van der Waals surface area contributed by atoms with Gasteiger partial charge in [-0.25, -0.2) is 4.39 Å². The van der Waals surface area contributed by atoms with Gasteiger partial charge in [0.15, 0.2) is 0 Å². The van der Waals surface area contributed by atoms with Crippen LogP contribution in [-0.2, 0) is 0 Å². The number of hydrogen-bond donors (Lipinski definition) is 1. The number of halogens is 1. The highest BCUT2D eigenvalue weighted by Gasteiger charge is 2.24. The molecule has 2 aromatic rings. The number of furan rings is 1. The lowest BCUT2D eigenvalue weighted by Crippen LogP contribution is -2.20. The third kappa shape index (κ3) is 2.49. The summed E-state index contributed by atoms with van der Waals surface area (Å²) in [5, 5.41) is 3.12. The number of nitrogens with one attached hydrogen (secondary N) is 1. The molecule has 0 aliphatic carbocycles. The zero-order valence-electron chi connectivity index (χ0n) is 11.6.